The molecule has 96 valence electrons. The van der Waals surface area contributed by atoms with Crippen molar-refractivity contribution in [2.45, 2.75) is 30.8 Å². The Morgan fingerprint density at radius 3 is 2.94 bits per heavy atom. The Kier molecular flexibility index (Phi) is 4.25. The van der Waals surface area contributed by atoms with Gasteiger partial charge in [0.1, 0.15) is 12.1 Å². The number of methoxy groups -OCH3 is 1. The highest BCUT2D eigenvalue weighted by Gasteiger charge is 2.08. The second kappa shape index (κ2) is 5.91. The number of hydrogen-bond donors (Lipinski definition) is 0. The van der Waals surface area contributed by atoms with Crippen molar-refractivity contribution in [1.82, 2.24) is 14.8 Å². The molecule has 0 aliphatic heterocycles. The smallest absolute Gasteiger partial charge is 0.191 e. The van der Waals surface area contributed by atoms with Gasteiger partial charge in [-0.15, -0.1) is 10.2 Å². The Labute approximate surface area is 111 Å². The lowest BCUT2D eigenvalue weighted by Crippen LogP contribution is -2.00. The molecule has 0 saturated heterocycles. The average Bonchev–Trinajstić information content (AvgIpc) is 2.85. The van der Waals surface area contributed by atoms with Crippen LogP contribution in [0.4, 0.5) is 0 Å². The van der Waals surface area contributed by atoms with Gasteiger partial charge in [-0.2, -0.15) is 0 Å². The fraction of sp³-hybridized carbons (Fsp3) is 0.385. The number of ether oxygens (including phenoxy) is 1. The molecule has 2 aromatic rings. The molecule has 0 fully saturated rings. The predicted molar refractivity (Wildman–Crippen MR) is 73.0 cm³/mol. The number of hydrogen-bond acceptors (Lipinski definition) is 4. The van der Waals surface area contributed by atoms with E-state index in [4.69, 9.17) is 4.74 Å². The molecule has 5 heteroatoms. The Balaban J connectivity index is 2.04. The van der Waals surface area contributed by atoms with Crippen molar-refractivity contribution in [3.05, 3.63) is 36.2 Å². The molecule has 1 aromatic heterocycles. The van der Waals surface area contributed by atoms with Crippen LogP contribution in [0.5, 0.6) is 5.75 Å². The first kappa shape index (κ1) is 13.0. The van der Waals surface area contributed by atoms with E-state index in [9.17, 15) is 0 Å². The van der Waals surface area contributed by atoms with E-state index >= 15 is 0 Å². The summed E-state index contributed by atoms with van der Waals surface area (Å²) >= 11 is 1.69. The topological polar surface area (TPSA) is 39.9 Å². The molecule has 0 aliphatic carbocycles. The number of benzene rings is 1. The molecule has 0 aliphatic rings. The van der Waals surface area contributed by atoms with Crippen molar-refractivity contribution in [3.63, 3.8) is 0 Å². The van der Waals surface area contributed by atoms with Crippen molar-refractivity contribution >= 4 is 11.8 Å². The molecule has 1 aromatic carbocycles. The van der Waals surface area contributed by atoms with Crippen LogP contribution in [0.15, 0.2) is 35.7 Å². The minimum atomic E-state index is 0.382. The van der Waals surface area contributed by atoms with Gasteiger partial charge in [-0.05, 0) is 31.5 Å². The van der Waals surface area contributed by atoms with E-state index in [1.807, 2.05) is 18.2 Å². The van der Waals surface area contributed by atoms with E-state index in [2.05, 4.69) is 34.7 Å². The first-order chi connectivity index (χ1) is 8.70. The second-order valence-corrected chi connectivity index (χ2v) is 5.20. The molecule has 2 rings (SSSR count). The monoisotopic (exact) mass is 263 g/mol. The summed E-state index contributed by atoms with van der Waals surface area (Å²) in [7, 11) is 1.68. The predicted octanol–water partition coefficient (Wildman–Crippen LogP) is 3.16. The normalized spacial score (nSPS) is 10.9. The molecule has 0 radical (unpaired) electrons. The molecule has 4 nitrogen and oxygen atoms in total. The first-order valence-electron chi connectivity index (χ1n) is 5.86. The Hall–Kier alpha value is -1.49. The quantitative estimate of drug-likeness (QED) is 0.777. The maximum atomic E-state index is 5.21. The van der Waals surface area contributed by atoms with Crippen molar-refractivity contribution in [2.24, 2.45) is 0 Å². The Bertz CT molecular complexity index is 510. The molecule has 1 heterocycles. The minimum absolute atomic E-state index is 0.382. The lowest BCUT2D eigenvalue weighted by molar-refractivity contribution is 0.414. The summed E-state index contributed by atoms with van der Waals surface area (Å²) in [4.78, 5) is 0. The van der Waals surface area contributed by atoms with Crippen LogP contribution in [-0.4, -0.2) is 21.9 Å². The van der Waals surface area contributed by atoms with Crippen LogP contribution >= 0.6 is 11.8 Å². The zero-order chi connectivity index (χ0) is 13.0. The number of rotatable bonds is 5. The SMILES string of the molecule is COc1cccc(CSc2nncn2C(C)C)c1. The van der Waals surface area contributed by atoms with E-state index in [-0.39, 0.29) is 0 Å². The summed E-state index contributed by atoms with van der Waals surface area (Å²) in [5.41, 5.74) is 1.22. The molecule has 0 bridgehead atoms. The van der Waals surface area contributed by atoms with Gasteiger partial charge in [-0.3, -0.25) is 0 Å². The van der Waals surface area contributed by atoms with Gasteiger partial charge in [0, 0.05) is 11.8 Å². The molecule has 0 N–H and O–H groups in total. The van der Waals surface area contributed by atoms with Gasteiger partial charge >= 0.3 is 0 Å². The van der Waals surface area contributed by atoms with Crippen LogP contribution in [0.3, 0.4) is 0 Å². The van der Waals surface area contributed by atoms with Gasteiger partial charge in [0.15, 0.2) is 5.16 Å². The highest BCUT2D eigenvalue weighted by molar-refractivity contribution is 7.98. The van der Waals surface area contributed by atoms with Gasteiger partial charge in [-0.1, -0.05) is 23.9 Å². The van der Waals surface area contributed by atoms with Crippen LogP contribution in [0, 0.1) is 0 Å². The van der Waals surface area contributed by atoms with Crippen molar-refractivity contribution in [2.75, 3.05) is 7.11 Å². The molecule has 0 spiro atoms. The maximum Gasteiger partial charge on any atom is 0.191 e. The first-order valence-corrected chi connectivity index (χ1v) is 6.84. The van der Waals surface area contributed by atoms with E-state index in [1.165, 1.54) is 5.56 Å². The van der Waals surface area contributed by atoms with Gasteiger partial charge in [0.25, 0.3) is 0 Å². The molecule has 0 unspecified atom stereocenters. The number of thioether (sulfide) groups is 1. The lowest BCUT2D eigenvalue weighted by Gasteiger charge is -2.09. The molecule has 0 atom stereocenters. The number of aromatic nitrogens is 3. The van der Waals surface area contributed by atoms with E-state index in [0.29, 0.717) is 6.04 Å². The van der Waals surface area contributed by atoms with E-state index in [1.54, 1.807) is 25.2 Å². The van der Waals surface area contributed by atoms with Crippen LogP contribution < -0.4 is 4.74 Å². The number of nitrogens with zero attached hydrogens (tertiary/aromatic N) is 3. The third-order valence-electron chi connectivity index (χ3n) is 2.60. The van der Waals surface area contributed by atoms with Crippen LogP contribution in [0.1, 0.15) is 25.5 Å². The molecule has 18 heavy (non-hydrogen) atoms. The standard InChI is InChI=1S/C13H17N3OS/c1-10(2)16-9-14-15-13(16)18-8-11-5-4-6-12(7-11)17-3/h4-7,9-10H,8H2,1-3H3. The lowest BCUT2D eigenvalue weighted by atomic mass is 10.2. The fourth-order valence-corrected chi connectivity index (χ4v) is 2.59. The van der Waals surface area contributed by atoms with Crippen molar-refractivity contribution in [3.8, 4) is 5.75 Å². The third kappa shape index (κ3) is 3.04. The van der Waals surface area contributed by atoms with Crippen molar-refractivity contribution in [1.29, 1.82) is 0 Å². The highest BCUT2D eigenvalue weighted by Crippen LogP contribution is 2.24. The van der Waals surface area contributed by atoms with Crippen LogP contribution in [0.25, 0.3) is 0 Å². The van der Waals surface area contributed by atoms with Crippen molar-refractivity contribution < 1.29 is 4.74 Å². The molecule has 0 amide bonds. The Morgan fingerprint density at radius 1 is 1.39 bits per heavy atom. The largest absolute Gasteiger partial charge is 0.497 e. The summed E-state index contributed by atoms with van der Waals surface area (Å²) in [6.45, 7) is 4.25. The average molecular weight is 263 g/mol. The van der Waals surface area contributed by atoms with E-state index < -0.39 is 0 Å². The molecular formula is C13H17N3OS. The summed E-state index contributed by atoms with van der Waals surface area (Å²) in [6.07, 6.45) is 1.78. The van der Waals surface area contributed by atoms with Crippen LogP contribution in [-0.2, 0) is 5.75 Å². The summed E-state index contributed by atoms with van der Waals surface area (Å²) in [5, 5.41) is 9.05. The Morgan fingerprint density at radius 2 is 2.22 bits per heavy atom. The van der Waals surface area contributed by atoms with Gasteiger partial charge in [0.2, 0.25) is 0 Å². The zero-order valence-electron chi connectivity index (χ0n) is 10.8. The zero-order valence-corrected chi connectivity index (χ0v) is 11.6. The van der Waals surface area contributed by atoms with Gasteiger partial charge in [-0.25, -0.2) is 0 Å². The van der Waals surface area contributed by atoms with Gasteiger partial charge < -0.3 is 9.30 Å². The summed E-state index contributed by atoms with van der Waals surface area (Å²) < 4.78 is 7.29. The minimum Gasteiger partial charge on any atom is -0.497 e. The van der Waals surface area contributed by atoms with Crippen LogP contribution in [0.2, 0.25) is 0 Å². The third-order valence-corrected chi connectivity index (χ3v) is 3.63. The fourth-order valence-electron chi connectivity index (χ4n) is 1.60. The summed E-state index contributed by atoms with van der Waals surface area (Å²) in [5.74, 6) is 1.75. The van der Waals surface area contributed by atoms with E-state index in [0.717, 1.165) is 16.7 Å². The molecular weight excluding hydrogens is 246 g/mol. The second-order valence-electron chi connectivity index (χ2n) is 4.25. The summed E-state index contributed by atoms with van der Waals surface area (Å²) in [6, 6.07) is 8.47. The molecule has 0 saturated carbocycles. The van der Waals surface area contributed by atoms with Gasteiger partial charge in [0.05, 0.1) is 7.11 Å². The maximum absolute atomic E-state index is 5.21. The highest BCUT2D eigenvalue weighted by atomic mass is 32.2.